The van der Waals surface area contributed by atoms with E-state index in [0.29, 0.717) is 51.4 Å². The molecule has 0 radical (unpaired) electrons. The van der Waals surface area contributed by atoms with Crippen LogP contribution in [0.15, 0.2) is 36.8 Å². The van der Waals surface area contributed by atoms with Crippen molar-refractivity contribution in [1.82, 2.24) is 34.7 Å². The number of halogens is 2. The van der Waals surface area contributed by atoms with Gasteiger partial charge in [-0.3, -0.25) is 9.88 Å². The third kappa shape index (κ3) is 5.54. The maximum atomic E-state index is 15.0. The molecule has 1 saturated carbocycles. The van der Waals surface area contributed by atoms with Gasteiger partial charge in [0.05, 0.1) is 17.3 Å². The van der Waals surface area contributed by atoms with Crippen LogP contribution in [0, 0.1) is 12.7 Å². The molecule has 0 bridgehead atoms. The summed E-state index contributed by atoms with van der Waals surface area (Å²) in [4.78, 5) is 20.4. The van der Waals surface area contributed by atoms with E-state index >= 15 is 4.39 Å². The molecule has 4 heterocycles. The van der Waals surface area contributed by atoms with Crippen molar-refractivity contribution in [1.29, 1.82) is 0 Å². The van der Waals surface area contributed by atoms with Crippen LogP contribution < -0.4 is 14.8 Å². The Morgan fingerprint density at radius 1 is 1.13 bits per heavy atom. The number of nitrogens with one attached hydrogen (secondary N) is 1. The molecule has 0 unspecified atom stereocenters. The molecule has 0 spiro atoms. The van der Waals surface area contributed by atoms with Crippen LogP contribution in [0.4, 0.5) is 4.39 Å². The van der Waals surface area contributed by atoms with Crippen LogP contribution in [-0.4, -0.2) is 74.3 Å². The lowest BCUT2D eigenvalue weighted by atomic mass is 10.2. The molecule has 9 nitrogen and oxygen atoms in total. The van der Waals surface area contributed by atoms with Gasteiger partial charge in [-0.05, 0) is 56.5 Å². The smallest absolute Gasteiger partial charge is 0.245 e. The fraction of sp³-hybridized carbons (Fsp3) is 0.429. The lowest BCUT2D eigenvalue weighted by molar-refractivity contribution is 0.191. The van der Waals surface area contributed by atoms with Crippen molar-refractivity contribution in [3.8, 4) is 23.0 Å². The van der Waals surface area contributed by atoms with Gasteiger partial charge in [-0.2, -0.15) is 4.98 Å². The van der Waals surface area contributed by atoms with Gasteiger partial charge in [-0.15, -0.1) is 0 Å². The number of hydrogen-bond acceptors (Lipinski definition) is 8. The van der Waals surface area contributed by atoms with Gasteiger partial charge in [-0.1, -0.05) is 11.6 Å². The molecular formula is C28H31ClFN7O2. The van der Waals surface area contributed by atoms with Gasteiger partial charge < -0.3 is 19.4 Å². The van der Waals surface area contributed by atoms with E-state index in [4.69, 9.17) is 26.1 Å². The zero-order valence-electron chi connectivity index (χ0n) is 22.1. The molecule has 1 aliphatic carbocycles. The molecule has 2 aliphatic rings. The summed E-state index contributed by atoms with van der Waals surface area (Å²) in [5, 5.41) is 3.82. The highest BCUT2D eigenvalue weighted by Crippen LogP contribution is 2.41. The highest BCUT2D eigenvalue weighted by molar-refractivity contribution is 6.33. The topological polar surface area (TPSA) is 90.2 Å². The van der Waals surface area contributed by atoms with E-state index in [-0.39, 0.29) is 23.7 Å². The summed E-state index contributed by atoms with van der Waals surface area (Å²) in [5.41, 5.74) is 2.24. The SMILES string of the molecule is Cc1ccnc(Cn2c(-c3ccc(OCCN4CCNCC4)cc3Cl)nc3c(OC4(C)CC4)ncnc32)c1F. The molecule has 1 N–H and O–H groups in total. The zero-order valence-corrected chi connectivity index (χ0v) is 22.8. The first-order valence-corrected chi connectivity index (χ1v) is 13.6. The van der Waals surface area contributed by atoms with Crippen LogP contribution in [-0.2, 0) is 6.54 Å². The van der Waals surface area contributed by atoms with Gasteiger partial charge >= 0.3 is 0 Å². The fourth-order valence-corrected chi connectivity index (χ4v) is 4.96. The molecule has 1 aromatic carbocycles. The molecule has 6 rings (SSSR count). The molecule has 4 aromatic rings. The van der Waals surface area contributed by atoms with Crippen molar-refractivity contribution in [2.75, 3.05) is 39.3 Å². The molecule has 1 saturated heterocycles. The molecule has 39 heavy (non-hydrogen) atoms. The second-order valence-electron chi connectivity index (χ2n) is 10.4. The average molecular weight is 552 g/mol. The maximum absolute atomic E-state index is 15.0. The number of benzene rings is 1. The third-order valence-corrected chi connectivity index (χ3v) is 7.64. The second-order valence-corrected chi connectivity index (χ2v) is 10.8. The molecule has 2 fully saturated rings. The minimum absolute atomic E-state index is 0.117. The molecule has 11 heteroatoms. The Kier molecular flexibility index (Phi) is 7.09. The molecule has 0 amide bonds. The Labute approximate surface area is 231 Å². The molecule has 3 aromatic heterocycles. The van der Waals surface area contributed by atoms with E-state index in [0.717, 1.165) is 45.6 Å². The lowest BCUT2D eigenvalue weighted by Crippen LogP contribution is -2.44. The number of rotatable bonds is 9. The summed E-state index contributed by atoms with van der Waals surface area (Å²) in [7, 11) is 0. The van der Waals surface area contributed by atoms with E-state index in [9.17, 15) is 0 Å². The minimum atomic E-state index is -0.361. The number of hydrogen-bond donors (Lipinski definition) is 1. The molecule has 204 valence electrons. The zero-order chi connectivity index (χ0) is 27.0. The number of aryl methyl sites for hydroxylation is 1. The lowest BCUT2D eigenvalue weighted by Gasteiger charge is -2.26. The third-order valence-electron chi connectivity index (χ3n) is 7.33. The summed E-state index contributed by atoms with van der Waals surface area (Å²) >= 11 is 6.80. The maximum Gasteiger partial charge on any atom is 0.245 e. The van der Waals surface area contributed by atoms with Crippen molar-refractivity contribution in [2.45, 2.75) is 38.8 Å². The van der Waals surface area contributed by atoms with Crippen LogP contribution in [0.1, 0.15) is 31.0 Å². The molecule has 1 aliphatic heterocycles. The Morgan fingerprint density at radius 3 is 2.72 bits per heavy atom. The summed E-state index contributed by atoms with van der Waals surface area (Å²) in [6, 6.07) is 7.19. The fourth-order valence-electron chi connectivity index (χ4n) is 4.71. The van der Waals surface area contributed by atoms with Gasteiger partial charge in [0.2, 0.25) is 5.88 Å². The van der Waals surface area contributed by atoms with Crippen LogP contribution in [0.5, 0.6) is 11.6 Å². The summed E-state index contributed by atoms with van der Waals surface area (Å²) < 4.78 is 29.0. The quantitative estimate of drug-likeness (QED) is 0.330. The van der Waals surface area contributed by atoms with Crippen molar-refractivity contribution in [3.63, 3.8) is 0 Å². The first-order chi connectivity index (χ1) is 18.9. The van der Waals surface area contributed by atoms with Gasteiger partial charge in [0, 0.05) is 44.5 Å². The van der Waals surface area contributed by atoms with E-state index in [1.54, 1.807) is 25.3 Å². The van der Waals surface area contributed by atoms with Gasteiger partial charge in [0.1, 0.15) is 35.9 Å². The largest absolute Gasteiger partial charge is 0.492 e. The normalized spacial score (nSPS) is 16.9. The van der Waals surface area contributed by atoms with Crippen LogP contribution >= 0.6 is 11.6 Å². The number of pyridine rings is 1. The number of nitrogens with zero attached hydrogens (tertiary/aromatic N) is 6. The standard InChI is InChI=1S/C28H31ClFN7O2/c1-18-5-8-32-22(23(18)30)16-37-25(35-24-26(37)33-17-34-27(24)39-28(2)6-7-28)20-4-3-19(15-21(20)29)38-14-13-36-11-9-31-10-12-36/h3-5,8,15,17,31H,6-7,9-14,16H2,1-2H3. The van der Waals surface area contributed by atoms with Crippen LogP contribution in [0.2, 0.25) is 5.02 Å². The van der Waals surface area contributed by atoms with Crippen molar-refractivity contribution >= 4 is 22.8 Å². The summed E-state index contributed by atoms with van der Waals surface area (Å²) in [6.45, 7) is 9.34. The number of piperazine rings is 1. The van der Waals surface area contributed by atoms with Crippen molar-refractivity contribution in [2.24, 2.45) is 0 Å². The Morgan fingerprint density at radius 2 is 1.95 bits per heavy atom. The Balaban J connectivity index is 1.34. The monoisotopic (exact) mass is 551 g/mol. The predicted octanol–water partition coefficient (Wildman–Crippen LogP) is 4.25. The predicted molar refractivity (Wildman–Crippen MR) is 147 cm³/mol. The highest BCUT2D eigenvalue weighted by Gasteiger charge is 2.41. The minimum Gasteiger partial charge on any atom is -0.492 e. The van der Waals surface area contributed by atoms with Crippen molar-refractivity contribution < 1.29 is 13.9 Å². The number of ether oxygens (including phenoxy) is 2. The summed E-state index contributed by atoms with van der Waals surface area (Å²) in [6.07, 6.45) is 4.95. The first kappa shape index (κ1) is 25.9. The molecular weight excluding hydrogens is 521 g/mol. The summed E-state index contributed by atoms with van der Waals surface area (Å²) in [5.74, 6) is 1.25. The number of aromatic nitrogens is 5. The van der Waals surface area contributed by atoms with Gasteiger partial charge in [0.15, 0.2) is 11.2 Å². The van der Waals surface area contributed by atoms with E-state index in [2.05, 4.69) is 25.2 Å². The van der Waals surface area contributed by atoms with E-state index in [1.165, 1.54) is 6.33 Å². The first-order valence-electron chi connectivity index (χ1n) is 13.3. The Bertz CT molecular complexity index is 1500. The Hall–Kier alpha value is -3.34. The van der Waals surface area contributed by atoms with Crippen molar-refractivity contribution in [3.05, 3.63) is 58.9 Å². The van der Waals surface area contributed by atoms with Gasteiger partial charge in [0.25, 0.3) is 0 Å². The number of imidazole rings is 1. The highest BCUT2D eigenvalue weighted by atomic mass is 35.5. The number of fused-ring (bicyclic) bond motifs is 1. The molecule has 0 atom stereocenters. The van der Waals surface area contributed by atoms with E-state index in [1.807, 2.05) is 23.6 Å². The second kappa shape index (κ2) is 10.7. The van der Waals surface area contributed by atoms with E-state index < -0.39 is 0 Å². The average Bonchev–Trinajstić information content (AvgIpc) is 3.55. The van der Waals surface area contributed by atoms with Crippen LogP contribution in [0.25, 0.3) is 22.6 Å². The van der Waals surface area contributed by atoms with Gasteiger partial charge in [-0.25, -0.2) is 14.4 Å². The van der Waals surface area contributed by atoms with Crippen LogP contribution in [0.3, 0.4) is 0 Å².